The standard InChI is InChI=1S/C13H12BrCl3N4/c1-2-3-18-12-11(14)13(20-6-19-12)21-10-5-8(16)7(15)4-9(10)17/h4-6H,2-3H2,1H3,(H2,18,19,20,21). The van der Waals surface area contributed by atoms with Gasteiger partial charge in [-0.25, -0.2) is 9.97 Å². The molecule has 0 atom stereocenters. The van der Waals surface area contributed by atoms with Crippen LogP contribution in [-0.4, -0.2) is 16.5 Å². The molecule has 0 fully saturated rings. The SMILES string of the molecule is CCCNc1ncnc(Nc2cc(Cl)c(Cl)cc2Cl)c1Br. The minimum atomic E-state index is 0.402. The summed E-state index contributed by atoms with van der Waals surface area (Å²) in [6.45, 7) is 2.90. The first-order chi connectivity index (χ1) is 10.0. The first kappa shape index (κ1) is 16.6. The highest BCUT2D eigenvalue weighted by Crippen LogP contribution is 2.36. The number of rotatable bonds is 5. The second-order valence-corrected chi connectivity index (χ2v) is 6.20. The minimum absolute atomic E-state index is 0.402. The van der Waals surface area contributed by atoms with Crippen molar-refractivity contribution in [1.82, 2.24) is 9.97 Å². The van der Waals surface area contributed by atoms with E-state index in [1.165, 1.54) is 6.33 Å². The zero-order valence-corrected chi connectivity index (χ0v) is 14.9. The summed E-state index contributed by atoms with van der Waals surface area (Å²) in [6.07, 6.45) is 2.47. The van der Waals surface area contributed by atoms with Crippen molar-refractivity contribution < 1.29 is 0 Å². The van der Waals surface area contributed by atoms with Gasteiger partial charge in [0.15, 0.2) is 0 Å². The van der Waals surface area contributed by atoms with Crippen molar-refractivity contribution in [2.75, 3.05) is 17.2 Å². The third-order valence-corrected chi connectivity index (χ3v) is 4.38. The smallest absolute Gasteiger partial charge is 0.150 e. The van der Waals surface area contributed by atoms with Crippen LogP contribution in [0.4, 0.5) is 17.3 Å². The lowest BCUT2D eigenvalue weighted by molar-refractivity contribution is 0.962. The van der Waals surface area contributed by atoms with Crippen LogP contribution in [-0.2, 0) is 0 Å². The number of nitrogens with zero attached hydrogens (tertiary/aromatic N) is 2. The summed E-state index contributed by atoms with van der Waals surface area (Å²) in [4.78, 5) is 8.37. The van der Waals surface area contributed by atoms with E-state index in [0.29, 0.717) is 32.4 Å². The van der Waals surface area contributed by atoms with E-state index >= 15 is 0 Å². The Morgan fingerprint density at radius 3 is 2.43 bits per heavy atom. The van der Waals surface area contributed by atoms with Crippen LogP contribution in [0.3, 0.4) is 0 Å². The van der Waals surface area contributed by atoms with Gasteiger partial charge in [0.25, 0.3) is 0 Å². The van der Waals surface area contributed by atoms with Crippen molar-refractivity contribution in [2.45, 2.75) is 13.3 Å². The van der Waals surface area contributed by atoms with Gasteiger partial charge in [0, 0.05) is 6.54 Å². The largest absolute Gasteiger partial charge is 0.369 e. The molecule has 0 bridgehead atoms. The summed E-state index contributed by atoms with van der Waals surface area (Å²) in [5, 5.41) is 7.59. The fraction of sp³-hybridized carbons (Fsp3) is 0.231. The van der Waals surface area contributed by atoms with Gasteiger partial charge in [-0.15, -0.1) is 0 Å². The van der Waals surface area contributed by atoms with Gasteiger partial charge < -0.3 is 10.6 Å². The fourth-order valence-corrected chi connectivity index (χ4v) is 2.61. The lowest BCUT2D eigenvalue weighted by Gasteiger charge is -2.13. The highest BCUT2D eigenvalue weighted by molar-refractivity contribution is 9.10. The number of aromatic nitrogens is 2. The molecule has 0 aliphatic heterocycles. The molecule has 0 spiro atoms. The van der Waals surface area contributed by atoms with Crippen LogP contribution in [0.1, 0.15) is 13.3 Å². The fourth-order valence-electron chi connectivity index (χ4n) is 1.57. The van der Waals surface area contributed by atoms with Crippen molar-refractivity contribution in [3.8, 4) is 0 Å². The summed E-state index contributed by atoms with van der Waals surface area (Å²) in [5.74, 6) is 1.30. The Morgan fingerprint density at radius 1 is 1.05 bits per heavy atom. The van der Waals surface area contributed by atoms with E-state index in [2.05, 4.69) is 43.5 Å². The number of anilines is 3. The van der Waals surface area contributed by atoms with Crippen LogP contribution in [0.5, 0.6) is 0 Å². The molecule has 0 saturated heterocycles. The molecule has 0 saturated carbocycles. The van der Waals surface area contributed by atoms with Gasteiger partial charge in [0.1, 0.15) is 22.4 Å². The second kappa shape index (κ2) is 7.49. The molecule has 1 aromatic carbocycles. The quantitative estimate of drug-likeness (QED) is 0.615. The number of nitrogens with one attached hydrogen (secondary N) is 2. The molecule has 2 aromatic rings. The predicted octanol–water partition coefficient (Wildman–Crippen LogP) is 5.76. The molecule has 0 amide bonds. The van der Waals surface area contributed by atoms with Crippen molar-refractivity contribution in [2.24, 2.45) is 0 Å². The molecular weight excluding hydrogens is 398 g/mol. The Balaban J connectivity index is 2.29. The summed E-state index contributed by atoms with van der Waals surface area (Å²) in [5.41, 5.74) is 0.618. The van der Waals surface area contributed by atoms with Crippen LogP contribution in [0.25, 0.3) is 0 Å². The molecule has 0 unspecified atom stereocenters. The van der Waals surface area contributed by atoms with E-state index in [4.69, 9.17) is 34.8 Å². The van der Waals surface area contributed by atoms with E-state index in [0.717, 1.165) is 17.4 Å². The van der Waals surface area contributed by atoms with Gasteiger partial charge >= 0.3 is 0 Å². The first-order valence-electron chi connectivity index (χ1n) is 6.18. The molecule has 1 heterocycles. The minimum Gasteiger partial charge on any atom is -0.369 e. The zero-order valence-electron chi connectivity index (χ0n) is 11.1. The van der Waals surface area contributed by atoms with Crippen molar-refractivity contribution in [3.63, 3.8) is 0 Å². The molecule has 1 aromatic heterocycles. The predicted molar refractivity (Wildman–Crippen MR) is 93.3 cm³/mol. The Labute approximate surface area is 146 Å². The molecule has 8 heteroatoms. The highest BCUT2D eigenvalue weighted by atomic mass is 79.9. The van der Waals surface area contributed by atoms with E-state index in [9.17, 15) is 0 Å². The van der Waals surface area contributed by atoms with Crippen LogP contribution in [0, 0.1) is 0 Å². The maximum atomic E-state index is 6.15. The summed E-state index contributed by atoms with van der Waals surface area (Å²) < 4.78 is 0.723. The molecular formula is C13H12BrCl3N4. The van der Waals surface area contributed by atoms with Gasteiger partial charge in [0.2, 0.25) is 0 Å². The number of hydrogen-bond donors (Lipinski definition) is 2. The lowest BCUT2D eigenvalue weighted by Crippen LogP contribution is -2.05. The Kier molecular flexibility index (Phi) is 5.93. The third-order valence-electron chi connectivity index (χ3n) is 2.59. The summed E-state index contributed by atoms with van der Waals surface area (Å²) >= 11 is 21.5. The Morgan fingerprint density at radius 2 is 1.71 bits per heavy atom. The van der Waals surface area contributed by atoms with E-state index in [1.54, 1.807) is 12.1 Å². The zero-order chi connectivity index (χ0) is 15.4. The van der Waals surface area contributed by atoms with Crippen LogP contribution in [0.15, 0.2) is 22.9 Å². The lowest BCUT2D eigenvalue weighted by atomic mass is 10.3. The molecule has 2 N–H and O–H groups in total. The van der Waals surface area contributed by atoms with Gasteiger partial charge in [-0.3, -0.25) is 0 Å². The normalized spacial score (nSPS) is 10.5. The maximum absolute atomic E-state index is 6.15. The summed E-state index contributed by atoms with van der Waals surface area (Å²) in [6, 6.07) is 3.24. The number of hydrogen-bond acceptors (Lipinski definition) is 4. The van der Waals surface area contributed by atoms with E-state index in [-0.39, 0.29) is 0 Å². The molecule has 4 nitrogen and oxygen atoms in total. The van der Waals surface area contributed by atoms with Crippen molar-refractivity contribution in [1.29, 1.82) is 0 Å². The molecule has 2 rings (SSSR count). The van der Waals surface area contributed by atoms with Crippen LogP contribution < -0.4 is 10.6 Å². The monoisotopic (exact) mass is 408 g/mol. The average molecular weight is 411 g/mol. The number of halogens is 4. The van der Waals surface area contributed by atoms with Crippen LogP contribution >= 0.6 is 50.7 Å². The molecule has 0 radical (unpaired) electrons. The Bertz CT molecular complexity index is 652. The number of benzene rings is 1. The first-order valence-corrected chi connectivity index (χ1v) is 8.11. The highest BCUT2D eigenvalue weighted by Gasteiger charge is 2.11. The van der Waals surface area contributed by atoms with Crippen LogP contribution in [0.2, 0.25) is 15.1 Å². The molecule has 0 aliphatic rings. The van der Waals surface area contributed by atoms with Crippen molar-refractivity contribution >= 4 is 68.1 Å². The summed E-state index contributed by atoms with van der Waals surface area (Å²) in [7, 11) is 0. The van der Waals surface area contributed by atoms with Gasteiger partial charge in [-0.1, -0.05) is 41.7 Å². The van der Waals surface area contributed by atoms with Crippen molar-refractivity contribution in [3.05, 3.63) is 38.0 Å². The van der Waals surface area contributed by atoms with Gasteiger partial charge in [0.05, 0.1) is 20.8 Å². The third kappa shape index (κ3) is 4.13. The van der Waals surface area contributed by atoms with E-state index in [1.807, 2.05) is 0 Å². The molecule has 112 valence electrons. The second-order valence-electron chi connectivity index (χ2n) is 4.18. The Hall–Kier alpha value is -0.750. The molecule has 21 heavy (non-hydrogen) atoms. The topological polar surface area (TPSA) is 49.8 Å². The molecule has 0 aliphatic carbocycles. The van der Waals surface area contributed by atoms with E-state index < -0.39 is 0 Å². The maximum Gasteiger partial charge on any atom is 0.150 e. The van der Waals surface area contributed by atoms with Gasteiger partial charge in [-0.2, -0.15) is 0 Å². The average Bonchev–Trinajstić information content (AvgIpc) is 2.45. The van der Waals surface area contributed by atoms with Gasteiger partial charge in [-0.05, 0) is 34.5 Å².